The second-order valence-electron chi connectivity index (χ2n) is 5.42. The number of benzene rings is 2. The zero-order valence-corrected chi connectivity index (χ0v) is 16.3. The number of nitrogens with zero attached hydrogens (tertiary/aromatic N) is 3. The van der Waals surface area contributed by atoms with Crippen LogP contribution in [0.2, 0.25) is 0 Å². The number of hydrogen-bond donors (Lipinski definition) is 1. The molecule has 0 fully saturated rings. The van der Waals surface area contributed by atoms with Gasteiger partial charge in [0.1, 0.15) is 5.75 Å². The molecule has 132 valence electrons. The van der Waals surface area contributed by atoms with Crippen LogP contribution in [0.5, 0.6) is 5.75 Å². The van der Waals surface area contributed by atoms with Crippen molar-refractivity contribution in [2.24, 2.45) is 0 Å². The van der Waals surface area contributed by atoms with Gasteiger partial charge < -0.3 is 14.1 Å². The smallest absolute Gasteiger partial charge is 0.248 e. The van der Waals surface area contributed by atoms with E-state index < -0.39 is 0 Å². The van der Waals surface area contributed by atoms with Gasteiger partial charge in [-0.25, -0.2) is 4.98 Å². The van der Waals surface area contributed by atoms with Gasteiger partial charge in [-0.15, -0.1) is 10.2 Å². The number of H-pyrrole nitrogens is 1. The molecule has 2 aromatic carbocycles. The molecular formula is C18H15BrN4O2S. The molecule has 0 radical (unpaired) electrons. The van der Waals surface area contributed by atoms with E-state index in [0.29, 0.717) is 24.1 Å². The van der Waals surface area contributed by atoms with Crippen LogP contribution in [0.15, 0.2) is 56.5 Å². The van der Waals surface area contributed by atoms with E-state index in [-0.39, 0.29) is 0 Å². The van der Waals surface area contributed by atoms with E-state index in [0.717, 1.165) is 32.0 Å². The lowest BCUT2D eigenvalue weighted by Gasteiger charge is -2.00. The SMILES string of the molecule is CCOc1ccc2nc(SCc3nnc(-c4ccccc4Br)o3)[nH]c2c1. The summed E-state index contributed by atoms with van der Waals surface area (Å²) < 4.78 is 12.2. The Morgan fingerprint density at radius 2 is 2.08 bits per heavy atom. The van der Waals surface area contributed by atoms with Crippen LogP contribution in [-0.2, 0) is 5.75 Å². The minimum Gasteiger partial charge on any atom is -0.494 e. The van der Waals surface area contributed by atoms with Crippen LogP contribution in [0.3, 0.4) is 0 Å². The van der Waals surface area contributed by atoms with Gasteiger partial charge in [0.15, 0.2) is 5.16 Å². The van der Waals surface area contributed by atoms with Crippen molar-refractivity contribution in [3.05, 3.63) is 52.8 Å². The zero-order chi connectivity index (χ0) is 17.9. The topological polar surface area (TPSA) is 76.8 Å². The lowest BCUT2D eigenvalue weighted by atomic mass is 10.2. The Bertz CT molecular complexity index is 1050. The number of aromatic nitrogens is 4. The number of imidazole rings is 1. The summed E-state index contributed by atoms with van der Waals surface area (Å²) in [4.78, 5) is 7.85. The van der Waals surface area contributed by atoms with E-state index in [1.165, 1.54) is 11.8 Å². The quantitative estimate of drug-likeness (QED) is 0.430. The van der Waals surface area contributed by atoms with E-state index in [1.807, 2.05) is 49.4 Å². The van der Waals surface area contributed by atoms with Crippen LogP contribution in [0.4, 0.5) is 0 Å². The first-order valence-corrected chi connectivity index (χ1v) is 9.83. The number of halogens is 1. The summed E-state index contributed by atoms with van der Waals surface area (Å²) in [5, 5.41) is 9.05. The lowest BCUT2D eigenvalue weighted by molar-refractivity contribution is 0.340. The minimum absolute atomic E-state index is 0.499. The Morgan fingerprint density at radius 3 is 2.92 bits per heavy atom. The van der Waals surface area contributed by atoms with Gasteiger partial charge in [0.2, 0.25) is 11.8 Å². The largest absolute Gasteiger partial charge is 0.494 e. The van der Waals surface area contributed by atoms with Crippen LogP contribution in [0, 0.1) is 0 Å². The standard InChI is InChI=1S/C18H15BrN4O2S/c1-2-24-11-7-8-14-15(9-11)21-18(20-14)26-10-16-22-23-17(25-16)12-5-3-4-6-13(12)19/h3-9H,2,10H2,1H3,(H,20,21). The molecule has 0 bridgehead atoms. The summed E-state index contributed by atoms with van der Waals surface area (Å²) in [7, 11) is 0. The van der Waals surface area contributed by atoms with Crippen molar-refractivity contribution < 1.29 is 9.15 Å². The number of nitrogens with one attached hydrogen (secondary N) is 1. The molecule has 2 aromatic heterocycles. The zero-order valence-electron chi connectivity index (χ0n) is 13.9. The molecule has 6 nitrogen and oxygen atoms in total. The monoisotopic (exact) mass is 430 g/mol. The third-order valence-corrected chi connectivity index (χ3v) is 5.20. The fourth-order valence-corrected chi connectivity index (χ4v) is 3.65. The van der Waals surface area contributed by atoms with Gasteiger partial charge >= 0.3 is 0 Å². The van der Waals surface area contributed by atoms with E-state index >= 15 is 0 Å². The molecule has 0 aliphatic rings. The minimum atomic E-state index is 0.499. The van der Waals surface area contributed by atoms with Crippen molar-refractivity contribution in [1.82, 2.24) is 20.2 Å². The summed E-state index contributed by atoms with van der Waals surface area (Å²) in [5.41, 5.74) is 2.72. The Kier molecular flexibility index (Phi) is 4.94. The van der Waals surface area contributed by atoms with Crippen LogP contribution in [0.1, 0.15) is 12.8 Å². The van der Waals surface area contributed by atoms with Crippen LogP contribution in [-0.4, -0.2) is 26.8 Å². The van der Waals surface area contributed by atoms with Gasteiger partial charge in [-0.1, -0.05) is 23.9 Å². The second kappa shape index (κ2) is 7.51. The third-order valence-electron chi connectivity index (χ3n) is 3.65. The van der Waals surface area contributed by atoms with Crippen molar-refractivity contribution >= 4 is 38.7 Å². The van der Waals surface area contributed by atoms with Crippen LogP contribution in [0.25, 0.3) is 22.5 Å². The molecule has 0 aliphatic heterocycles. The number of aromatic amines is 1. The number of hydrogen-bond acceptors (Lipinski definition) is 6. The molecular weight excluding hydrogens is 416 g/mol. The second-order valence-corrected chi connectivity index (χ2v) is 7.24. The van der Waals surface area contributed by atoms with Crippen molar-refractivity contribution in [1.29, 1.82) is 0 Å². The van der Waals surface area contributed by atoms with Crippen LogP contribution >= 0.6 is 27.7 Å². The number of ether oxygens (including phenoxy) is 1. The lowest BCUT2D eigenvalue weighted by Crippen LogP contribution is -1.90. The fourth-order valence-electron chi connectivity index (χ4n) is 2.48. The molecule has 0 saturated carbocycles. The Labute approximate surface area is 162 Å². The van der Waals surface area contributed by atoms with Gasteiger partial charge in [0, 0.05) is 10.5 Å². The van der Waals surface area contributed by atoms with Crippen molar-refractivity contribution in [3.8, 4) is 17.2 Å². The van der Waals surface area contributed by atoms with Gasteiger partial charge in [0.25, 0.3) is 0 Å². The highest BCUT2D eigenvalue weighted by Gasteiger charge is 2.12. The van der Waals surface area contributed by atoms with E-state index in [4.69, 9.17) is 9.15 Å². The maximum absolute atomic E-state index is 5.76. The summed E-state index contributed by atoms with van der Waals surface area (Å²) in [6.45, 7) is 2.60. The van der Waals surface area contributed by atoms with Crippen molar-refractivity contribution in [2.45, 2.75) is 17.8 Å². The predicted octanol–water partition coefficient (Wildman–Crippen LogP) is 5.07. The number of fused-ring (bicyclic) bond motifs is 1. The highest BCUT2D eigenvalue weighted by Crippen LogP contribution is 2.29. The maximum Gasteiger partial charge on any atom is 0.248 e. The molecule has 0 amide bonds. The van der Waals surface area contributed by atoms with Gasteiger partial charge in [-0.05, 0) is 47.1 Å². The van der Waals surface area contributed by atoms with Gasteiger partial charge in [0.05, 0.1) is 29.0 Å². The number of rotatable bonds is 6. The molecule has 4 aromatic rings. The van der Waals surface area contributed by atoms with Crippen molar-refractivity contribution in [3.63, 3.8) is 0 Å². The molecule has 26 heavy (non-hydrogen) atoms. The molecule has 0 spiro atoms. The van der Waals surface area contributed by atoms with E-state index in [9.17, 15) is 0 Å². The molecule has 1 N–H and O–H groups in total. The molecule has 2 heterocycles. The Morgan fingerprint density at radius 1 is 1.19 bits per heavy atom. The third kappa shape index (κ3) is 3.61. The summed E-state index contributed by atoms with van der Waals surface area (Å²) in [5.74, 6) is 2.42. The highest BCUT2D eigenvalue weighted by molar-refractivity contribution is 9.10. The average molecular weight is 431 g/mol. The first kappa shape index (κ1) is 17.1. The molecule has 0 saturated heterocycles. The highest BCUT2D eigenvalue weighted by atomic mass is 79.9. The van der Waals surface area contributed by atoms with Crippen molar-refractivity contribution in [2.75, 3.05) is 6.61 Å². The molecule has 8 heteroatoms. The maximum atomic E-state index is 5.76. The van der Waals surface area contributed by atoms with Gasteiger partial charge in [-0.3, -0.25) is 0 Å². The fraction of sp³-hybridized carbons (Fsp3) is 0.167. The molecule has 4 rings (SSSR count). The first-order valence-electron chi connectivity index (χ1n) is 8.05. The Balaban J connectivity index is 1.47. The predicted molar refractivity (Wildman–Crippen MR) is 104 cm³/mol. The molecule has 0 unspecified atom stereocenters. The van der Waals surface area contributed by atoms with Gasteiger partial charge in [-0.2, -0.15) is 0 Å². The summed E-state index contributed by atoms with van der Waals surface area (Å²) >= 11 is 5.01. The van der Waals surface area contributed by atoms with E-state index in [2.05, 4.69) is 36.1 Å². The first-order chi connectivity index (χ1) is 12.7. The Hall–Kier alpha value is -2.32. The van der Waals surface area contributed by atoms with E-state index in [1.54, 1.807) is 0 Å². The molecule has 0 aliphatic carbocycles. The average Bonchev–Trinajstić information content (AvgIpc) is 3.27. The summed E-state index contributed by atoms with van der Waals surface area (Å²) in [6.07, 6.45) is 0. The molecule has 0 atom stereocenters. The summed E-state index contributed by atoms with van der Waals surface area (Å²) in [6, 6.07) is 13.6. The van der Waals surface area contributed by atoms with Crippen LogP contribution < -0.4 is 4.74 Å². The number of thioether (sulfide) groups is 1. The normalized spacial score (nSPS) is 11.2.